The Labute approximate surface area is 124 Å². The van der Waals surface area contributed by atoms with E-state index >= 15 is 0 Å². The maximum atomic E-state index is 5.31. The van der Waals surface area contributed by atoms with E-state index in [4.69, 9.17) is 26.4 Å². The first-order valence-electron chi connectivity index (χ1n) is 6.03. The second kappa shape index (κ2) is 8.21. The van der Waals surface area contributed by atoms with Crippen molar-refractivity contribution in [2.75, 3.05) is 27.9 Å². The van der Waals surface area contributed by atoms with Crippen LogP contribution in [-0.4, -0.2) is 39.2 Å². The molecule has 20 heavy (non-hydrogen) atoms. The van der Waals surface area contributed by atoms with Gasteiger partial charge in [-0.15, -0.1) is 0 Å². The Bertz CT molecular complexity index is 467. The van der Waals surface area contributed by atoms with Crippen molar-refractivity contribution in [1.29, 1.82) is 0 Å². The van der Waals surface area contributed by atoms with E-state index < -0.39 is 0 Å². The van der Waals surface area contributed by atoms with Crippen LogP contribution in [-0.2, 0) is 0 Å². The summed E-state index contributed by atoms with van der Waals surface area (Å²) in [4.78, 5) is 0. The van der Waals surface area contributed by atoms with Crippen molar-refractivity contribution in [3.63, 3.8) is 0 Å². The van der Waals surface area contributed by atoms with Crippen molar-refractivity contribution in [1.82, 2.24) is 10.7 Å². The summed E-state index contributed by atoms with van der Waals surface area (Å²) in [6, 6.07) is 3.51. The van der Waals surface area contributed by atoms with E-state index in [-0.39, 0.29) is 0 Å². The average Bonchev–Trinajstić information content (AvgIpc) is 2.47. The Hall–Kier alpha value is -2.02. The summed E-state index contributed by atoms with van der Waals surface area (Å²) in [5.41, 5.74) is 3.41. The zero-order valence-electron chi connectivity index (χ0n) is 12.0. The van der Waals surface area contributed by atoms with Crippen molar-refractivity contribution < 1.29 is 14.2 Å². The summed E-state index contributed by atoms with van der Waals surface area (Å²) < 4.78 is 15.8. The van der Waals surface area contributed by atoms with Crippen LogP contribution < -0.4 is 25.0 Å². The van der Waals surface area contributed by atoms with E-state index in [0.717, 1.165) is 6.54 Å². The van der Waals surface area contributed by atoms with Gasteiger partial charge in [0.1, 0.15) is 17.2 Å². The predicted octanol–water partition coefficient (Wildman–Crippen LogP) is 1.53. The van der Waals surface area contributed by atoms with Gasteiger partial charge >= 0.3 is 0 Å². The van der Waals surface area contributed by atoms with Gasteiger partial charge < -0.3 is 19.5 Å². The maximum Gasteiger partial charge on any atom is 0.186 e. The van der Waals surface area contributed by atoms with Crippen LogP contribution in [0, 0.1) is 0 Å². The fraction of sp³-hybridized carbons (Fsp3) is 0.385. The summed E-state index contributed by atoms with van der Waals surface area (Å²) in [6.45, 7) is 2.68. The van der Waals surface area contributed by atoms with Crippen LogP contribution in [0.1, 0.15) is 12.5 Å². The lowest BCUT2D eigenvalue weighted by Crippen LogP contribution is -2.31. The van der Waals surface area contributed by atoms with Crippen molar-refractivity contribution in [2.24, 2.45) is 5.10 Å². The summed E-state index contributed by atoms with van der Waals surface area (Å²) >= 11 is 5.01. The molecule has 110 valence electrons. The van der Waals surface area contributed by atoms with Crippen LogP contribution in [0.2, 0.25) is 0 Å². The molecule has 0 heterocycles. The quantitative estimate of drug-likeness (QED) is 0.472. The minimum atomic E-state index is 0.454. The maximum absolute atomic E-state index is 5.31. The van der Waals surface area contributed by atoms with Crippen LogP contribution in [0.4, 0.5) is 0 Å². The molecule has 0 amide bonds. The van der Waals surface area contributed by atoms with E-state index in [1.165, 1.54) is 0 Å². The molecule has 0 aliphatic heterocycles. The van der Waals surface area contributed by atoms with Crippen LogP contribution in [0.3, 0.4) is 0 Å². The number of hydrogen-bond donors (Lipinski definition) is 2. The zero-order valence-corrected chi connectivity index (χ0v) is 12.8. The molecular weight excluding hydrogens is 278 g/mol. The third kappa shape index (κ3) is 4.27. The zero-order chi connectivity index (χ0) is 15.0. The van der Waals surface area contributed by atoms with E-state index in [9.17, 15) is 0 Å². The molecule has 0 atom stereocenters. The van der Waals surface area contributed by atoms with Crippen LogP contribution in [0.5, 0.6) is 17.2 Å². The lowest BCUT2D eigenvalue weighted by Gasteiger charge is -2.12. The Morgan fingerprint density at radius 2 is 1.80 bits per heavy atom. The van der Waals surface area contributed by atoms with Crippen molar-refractivity contribution in [2.45, 2.75) is 6.92 Å². The molecule has 0 saturated carbocycles. The van der Waals surface area contributed by atoms with Crippen molar-refractivity contribution in [3.05, 3.63) is 17.7 Å². The van der Waals surface area contributed by atoms with Gasteiger partial charge in [0.2, 0.25) is 0 Å². The standard InChI is InChI=1S/C13H19N3O3S/c1-5-14-13(20)16-15-8-10-11(18-3)6-9(17-2)7-12(10)19-4/h6-8H,5H2,1-4H3,(H2,14,16,20)/b15-8-. The van der Waals surface area contributed by atoms with Gasteiger partial charge in [0.15, 0.2) is 5.11 Å². The molecule has 0 radical (unpaired) electrons. The van der Waals surface area contributed by atoms with Gasteiger partial charge in [0, 0.05) is 18.7 Å². The molecule has 0 aliphatic rings. The number of nitrogens with one attached hydrogen (secondary N) is 2. The van der Waals surface area contributed by atoms with Crippen molar-refractivity contribution in [3.8, 4) is 17.2 Å². The van der Waals surface area contributed by atoms with Gasteiger partial charge in [-0.05, 0) is 19.1 Å². The van der Waals surface area contributed by atoms with Gasteiger partial charge in [0.25, 0.3) is 0 Å². The lowest BCUT2D eigenvalue weighted by atomic mass is 10.2. The Balaban J connectivity index is 2.97. The minimum absolute atomic E-state index is 0.454. The largest absolute Gasteiger partial charge is 0.496 e. The normalized spacial score (nSPS) is 10.2. The number of rotatable bonds is 6. The number of hydrazone groups is 1. The first-order valence-corrected chi connectivity index (χ1v) is 6.44. The van der Waals surface area contributed by atoms with Gasteiger partial charge in [-0.3, -0.25) is 5.43 Å². The molecule has 1 aromatic rings. The van der Waals surface area contributed by atoms with Gasteiger partial charge in [-0.25, -0.2) is 0 Å². The number of nitrogens with zero attached hydrogens (tertiary/aromatic N) is 1. The van der Waals surface area contributed by atoms with Gasteiger partial charge in [0.05, 0.1) is 33.1 Å². The predicted molar refractivity (Wildman–Crippen MR) is 83.1 cm³/mol. The Morgan fingerprint density at radius 1 is 1.20 bits per heavy atom. The second-order valence-corrected chi connectivity index (χ2v) is 4.08. The summed E-state index contributed by atoms with van der Waals surface area (Å²) in [7, 11) is 4.73. The second-order valence-electron chi connectivity index (χ2n) is 3.68. The fourth-order valence-corrected chi connectivity index (χ4v) is 1.71. The fourth-order valence-electron chi connectivity index (χ4n) is 1.52. The monoisotopic (exact) mass is 297 g/mol. The third-order valence-corrected chi connectivity index (χ3v) is 2.69. The van der Waals surface area contributed by atoms with E-state index in [1.807, 2.05) is 6.92 Å². The molecule has 1 aromatic carbocycles. The van der Waals surface area contributed by atoms with Crippen LogP contribution in [0.25, 0.3) is 0 Å². The molecule has 0 saturated heterocycles. The highest BCUT2D eigenvalue weighted by Gasteiger charge is 2.11. The average molecular weight is 297 g/mol. The lowest BCUT2D eigenvalue weighted by molar-refractivity contribution is 0.374. The van der Waals surface area contributed by atoms with E-state index in [1.54, 1.807) is 39.7 Å². The molecule has 0 fully saturated rings. The molecule has 0 bridgehead atoms. The highest BCUT2D eigenvalue weighted by atomic mass is 32.1. The molecule has 0 unspecified atom stereocenters. The smallest absolute Gasteiger partial charge is 0.186 e. The molecule has 1 rings (SSSR count). The van der Waals surface area contributed by atoms with Crippen molar-refractivity contribution >= 4 is 23.5 Å². The number of benzene rings is 1. The Morgan fingerprint density at radius 3 is 2.25 bits per heavy atom. The first kappa shape index (κ1) is 16.0. The highest BCUT2D eigenvalue weighted by molar-refractivity contribution is 7.80. The minimum Gasteiger partial charge on any atom is -0.496 e. The topological polar surface area (TPSA) is 64.1 Å². The summed E-state index contributed by atoms with van der Waals surface area (Å²) in [5, 5.41) is 7.44. The number of methoxy groups -OCH3 is 3. The third-order valence-electron chi connectivity index (χ3n) is 2.45. The molecule has 0 spiro atoms. The summed E-state index contributed by atoms with van der Waals surface area (Å²) in [6.07, 6.45) is 1.58. The molecule has 0 aromatic heterocycles. The number of thiocarbonyl (C=S) groups is 1. The summed E-state index contributed by atoms with van der Waals surface area (Å²) in [5.74, 6) is 1.84. The highest BCUT2D eigenvalue weighted by Crippen LogP contribution is 2.32. The van der Waals surface area contributed by atoms with Crippen LogP contribution >= 0.6 is 12.2 Å². The first-order chi connectivity index (χ1) is 9.65. The molecule has 2 N–H and O–H groups in total. The number of hydrogen-bond acceptors (Lipinski definition) is 5. The Kier molecular flexibility index (Phi) is 6.58. The molecule has 0 aliphatic carbocycles. The van der Waals surface area contributed by atoms with E-state index in [2.05, 4.69) is 15.8 Å². The molecular formula is C13H19N3O3S. The van der Waals surface area contributed by atoms with E-state index in [0.29, 0.717) is 27.9 Å². The van der Waals surface area contributed by atoms with Gasteiger partial charge in [-0.2, -0.15) is 5.10 Å². The van der Waals surface area contributed by atoms with Crippen LogP contribution in [0.15, 0.2) is 17.2 Å². The number of ether oxygens (including phenoxy) is 3. The molecule has 7 heteroatoms. The SMILES string of the molecule is CCNC(=S)N/N=C\c1c(OC)cc(OC)cc1OC. The van der Waals surface area contributed by atoms with Gasteiger partial charge in [-0.1, -0.05) is 0 Å². The molecule has 6 nitrogen and oxygen atoms in total.